The Kier molecular flexibility index (Phi) is 5.28. The van der Waals surface area contributed by atoms with Gasteiger partial charge in [0.25, 0.3) is 5.92 Å². The van der Waals surface area contributed by atoms with Gasteiger partial charge in [-0.25, -0.2) is 13.8 Å². The number of rotatable bonds is 6. The summed E-state index contributed by atoms with van der Waals surface area (Å²) < 4.78 is 75.4. The van der Waals surface area contributed by atoms with Gasteiger partial charge in [0.15, 0.2) is 0 Å². The van der Waals surface area contributed by atoms with Crippen LogP contribution in [0.2, 0.25) is 0 Å². The molecule has 1 saturated heterocycles. The van der Waals surface area contributed by atoms with E-state index < -0.39 is 18.8 Å². The SMILES string of the molecule is Nc1ccc2nc(N3CCC(F)(F)C3)n(CCOc3ccc(OC(F)(F)F)cc3)c2c1. The van der Waals surface area contributed by atoms with Gasteiger partial charge in [0.05, 0.1) is 24.1 Å². The van der Waals surface area contributed by atoms with Gasteiger partial charge < -0.3 is 24.7 Å². The van der Waals surface area contributed by atoms with E-state index in [2.05, 4.69) is 9.72 Å². The topological polar surface area (TPSA) is 65.5 Å². The molecule has 1 fully saturated rings. The number of nitrogens with zero attached hydrogens (tertiary/aromatic N) is 3. The lowest BCUT2D eigenvalue weighted by molar-refractivity contribution is -0.274. The summed E-state index contributed by atoms with van der Waals surface area (Å²) >= 11 is 0. The van der Waals surface area contributed by atoms with E-state index in [9.17, 15) is 22.0 Å². The first-order valence-corrected chi connectivity index (χ1v) is 9.47. The zero-order valence-electron chi connectivity index (χ0n) is 16.2. The second-order valence-corrected chi connectivity index (χ2v) is 7.21. The van der Waals surface area contributed by atoms with Crippen molar-refractivity contribution < 1.29 is 31.4 Å². The van der Waals surface area contributed by atoms with Crippen molar-refractivity contribution in [3.8, 4) is 11.5 Å². The number of anilines is 2. The van der Waals surface area contributed by atoms with Gasteiger partial charge in [0, 0.05) is 18.7 Å². The van der Waals surface area contributed by atoms with Gasteiger partial charge in [-0.05, 0) is 42.5 Å². The molecular formula is C20H19F5N4O2. The van der Waals surface area contributed by atoms with E-state index in [1.165, 1.54) is 17.0 Å². The van der Waals surface area contributed by atoms with Crippen molar-refractivity contribution in [2.24, 2.45) is 0 Å². The highest BCUT2D eigenvalue weighted by atomic mass is 19.4. The highest BCUT2D eigenvalue weighted by molar-refractivity contribution is 5.82. The number of nitrogen functional groups attached to an aromatic ring is 1. The van der Waals surface area contributed by atoms with Crippen LogP contribution in [0.25, 0.3) is 11.0 Å². The van der Waals surface area contributed by atoms with Crippen molar-refractivity contribution in [3.63, 3.8) is 0 Å². The molecule has 0 bridgehead atoms. The van der Waals surface area contributed by atoms with Crippen LogP contribution >= 0.6 is 0 Å². The van der Waals surface area contributed by atoms with Gasteiger partial charge in [-0.1, -0.05) is 0 Å². The molecule has 166 valence electrons. The lowest BCUT2D eigenvalue weighted by atomic mass is 10.3. The van der Waals surface area contributed by atoms with Crippen molar-refractivity contribution in [1.29, 1.82) is 0 Å². The molecule has 0 unspecified atom stereocenters. The fraction of sp³-hybridized carbons (Fsp3) is 0.350. The Balaban J connectivity index is 1.50. The fourth-order valence-electron chi connectivity index (χ4n) is 3.49. The maximum Gasteiger partial charge on any atom is 0.573 e. The van der Waals surface area contributed by atoms with Crippen LogP contribution in [0.15, 0.2) is 42.5 Å². The Morgan fingerprint density at radius 3 is 2.42 bits per heavy atom. The summed E-state index contributed by atoms with van der Waals surface area (Å²) in [5.41, 5.74) is 7.69. The number of aromatic nitrogens is 2. The number of alkyl halides is 5. The second-order valence-electron chi connectivity index (χ2n) is 7.21. The Labute approximate surface area is 174 Å². The number of fused-ring (bicyclic) bond motifs is 1. The first-order chi connectivity index (χ1) is 14.6. The Bertz CT molecular complexity index is 1070. The van der Waals surface area contributed by atoms with Crippen molar-refractivity contribution in [1.82, 2.24) is 9.55 Å². The first kappa shape index (κ1) is 21.0. The second kappa shape index (κ2) is 7.78. The highest BCUT2D eigenvalue weighted by Gasteiger charge is 2.40. The molecule has 0 radical (unpaired) electrons. The molecule has 0 spiro atoms. The van der Waals surface area contributed by atoms with Crippen molar-refractivity contribution in [2.75, 3.05) is 30.3 Å². The van der Waals surface area contributed by atoms with Crippen LogP contribution in [0.4, 0.5) is 33.6 Å². The van der Waals surface area contributed by atoms with Crippen LogP contribution in [0.5, 0.6) is 11.5 Å². The van der Waals surface area contributed by atoms with Crippen molar-refractivity contribution in [3.05, 3.63) is 42.5 Å². The zero-order chi connectivity index (χ0) is 22.2. The van der Waals surface area contributed by atoms with E-state index in [0.29, 0.717) is 28.4 Å². The normalized spacial score (nSPS) is 16.1. The quantitative estimate of drug-likeness (QED) is 0.452. The number of benzene rings is 2. The average Bonchev–Trinajstić information content (AvgIpc) is 3.21. The highest BCUT2D eigenvalue weighted by Crippen LogP contribution is 2.33. The molecule has 0 amide bonds. The minimum Gasteiger partial charge on any atom is -0.492 e. The lowest BCUT2D eigenvalue weighted by Gasteiger charge is -2.19. The molecule has 2 aromatic carbocycles. The van der Waals surface area contributed by atoms with Gasteiger partial charge >= 0.3 is 6.36 Å². The maximum atomic E-state index is 13.7. The third kappa shape index (κ3) is 4.92. The predicted octanol–water partition coefficient (Wildman–Crippen LogP) is 4.44. The Morgan fingerprint density at radius 1 is 1.06 bits per heavy atom. The van der Waals surface area contributed by atoms with Gasteiger partial charge in [-0.3, -0.25) is 0 Å². The molecule has 0 atom stereocenters. The largest absolute Gasteiger partial charge is 0.573 e. The number of imidazole rings is 1. The summed E-state index contributed by atoms with van der Waals surface area (Å²) in [6.07, 6.45) is -5.02. The molecule has 1 aliphatic heterocycles. The van der Waals surface area contributed by atoms with Crippen molar-refractivity contribution >= 4 is 22.7 Å². The molecule has 0 aliphatic carbocycles. The van der Waals surface area contributed by atoms with E-state index in [1.54, 1.807) is 22.8 Å². The van der Waals surface area contributed by atoms with E-state index >= 15 is 0 Å². The van der Waals surface area contributed by atoms with Crippen LogP contribution < -0.4 is 20.1 Å². The van der Waals surface area contributed by atoms with E-state index in [4.69, 9.17) is 10.5 Å². The van der Waals surface area contributed by atoms with Gasteiger partial charge in [0.1, 0.15) is 18.1 Å². The summed E-state index contributed by atoms with van der Waals surface area (Å²) in [7, 11) is 0. The number of nitrogens with two attached hydrogens (primary N) is 1. The third-order valence-corrected chi connectivity index (χ3v) is 4.85. The van der Waals surface area contributed by atoms with Crippen molar-refractivity contribution in [2.45, 2.75) is 25.3 Å². The smallest absolute Gasteiger partial charge is 0.492 e. The van der Waals surface area contributed by atoms with Crippen LogP contribution in [-0.2, 0) is 6.54 Å². The van der Waals surface area contributed by atoms with Crippen LogP contribution in [-0.4, -0.2) is 41.5 Å². The summed E-state index contributed by atoms with van der Waals surface area (Å²) in [5, 5.41) is 0. The van der Waals surface area contributed by atoms with Gasteiger partial charge in [-0.2, -0.15) is 0 Å². The molecule has 3 aromatic rings. The number of ether oxygens (including phenoxy) is 2. The Morgan fingerprint density at radius 2 is 1.77 bits per heavy atom. The molecule has 0 saturated carbocycles. The minimum atomic E-state index is -4.77. The van der Waals surface area contributed by atoms with Crippen LogP contribution in [0.1, 0.15) is 6.42 Å². The third-order valence-electron chi connectivity index (χ3n) is 4.85. The molecular weight excluding hydrogens is 423 g/mol. The lowest BCUT2D eigenvalue weighted by Crippen LogP contribution is -2.28. The summed E-state index contributed by atoms with van der Waals surface area (Å²) in [6, 6.07) is 10.1. The number of hydrogen-bond donors (Lipinski definition) is 1. The fourth-order valence-corrected chi connectivity index (χ4v) is 3.49. The standard InChI is InChI=1S/C20H19F5N4O2/c21-19(22)7-8-28(12-19)18-27-16-6-1-13(26)11-17(16)29(18)9-10-30-14-2-4-15(5-3-14)31-20(23,24)25/h1-6,11H,7-10,12,26H2. The maximum absolute atomic E-state index is 13.7. The molecule has 31 heavy (non-hydrogen) atoms. The number of hydrogen-bond acceptors (Lipinski definition) is 5. The molecule has 2 N–H and O–H groups in total. The van der Waals surface area contributed by atoms with Gasteiger partial charge in [0.2, 0.25) is 5.95 Å². The predicted molar refractivity (Wildman–Crippen MR) is 105 cm³/mol. The average molecular weight is 442 g/mol. The summed E-state index contributed by atoms with van der Waals surface area (Å²) in [5.74, 6) is -2.39. The van der Waals surface area contributed by atoms with Crippen LogP contribution in [0, 0.1) is 0 Å². The van der Waals surface area contributed by atoms with Gasteiger partial charge in [-0.15, -0.1) is 13.2 Å². The first-order valence-electron chi connectivity index (χ1n) is 9.47. The Hall–Kier alpha value is -3.24. The molecule has 6 nitrogen and oxygen atoms in total. The van der Waals surface area contributed by atoms with Crippen LogP contribution in [0.3, 0.4) is 0 Å². The minimum absolute atomic E-state index is 0.136. The summed E-state index contributed by atoms with van der Waals surface area (Å²) in [6.45, 7) is 0.162. The molecule has 1 aromatic heterocycles. The van der Waals surface area contributed by atoms with E-state index in [-0.39, 0.29) is 31.9 Å². The molecule has 11 heteroatoms. The summed E-state index contributed by atoms with van der Waals surface area (Å²) in [4.78, 5) is 6.02. The zero-order valence-corrected chi connectivity index (χ0v) is 16.2. The molecule has 2 heterocycles. The van der Waals surface area contributed by atoms with E-state index in [0.717, 1.165) is 12.1 Å². The molecule has 1 aliphatic rings. The van der Waals surface area contributed by atoms with E-state index in [1.807, 2.05) is 0 Å². The molecule has 4 rings (SSSR count). The monoisotopic (exact) mass is 442 g/mol. The number of halogens is 5.